The van der Waals surface area contributed by atoms with Crippen LogP contribution in [-0.2, 0) is 17.4 Å². The lowest BCUT2D eigenvalue weighted by atomic mass is 9.99. The molecule has 5 nitrogen and oxygen atoms in total. The Kier molecular flexibility index (Phi) is 4.50. The van der Waals surface area contributed by atoms with Crippen LogP contribution in [0.2, 0.25) is 0 Å². The van der Waals surface area contributed by atoms with Crippen molar-refractivity contribution in [3.8, 4) is 6.07 Å². The topological polar surface area (TPSA) is 85.1 Å². The molecule has 0 fully saturated rings. The van der Waals surface area contributed by atoms with Gasteiger partial charge in [0.2, 0.25) is 0 Å². The Morgan fingerprint density at radius 3 is 2.74 bits per heavy atom. The van der Waals surface area contributed by atoms with Crippen LogP contribution < -0.4 is 10.6 Å². The van der Waals surface area contributed by atoms with E-state index in [2.05, 4.69) is 10.6 Å². The smallest absolute Gasteiger partial charge is 0.416 e. The lowest BCUT2D eigenvalue weighted by molar-refractivity contribution is -0.137. The summed E-state index contributed by atoms with van der Waals surface area (Å²) in [6, 6.07) is 5.00. The number of benzene rings is 1. The van der Waals surface area contributed by atoms with Crippen LogP contribution in [0.15, 0.2) is 29.5 Å². The molecule has 23 heavy (non-hydrogen) atoms. The number of aliphatic hydroxyl groups excluding tert-OH is 1. The Balaban J connectivity index is 2.16. The minimum atomic E-state index is -4.45. The molecule has 0 saturated heterocycles. The van der Waals surface area contributed by atoms with Crippen LogP contribution in [0, 0.1) is 11.3 Å². The Hall–Kier alpha value is -2.69. The van der Waals surface area contributed by atoms with Crippen LogP contribution in [0.1, 0.15) is 24.5 Å². The minimum Gasteiger partial charge on any atom is -0.511 e. The maximum absolute atomic E-state index is 12.7. The normalized spacial score (nSPS) is 18.1. The van der Waals surface area contributed by atoms with E-state index in [9.17, 15) is 23.1 Å². The molecule has 0 aromatic heterocycles. The van der Waals surface area contributed by atoms with Crippen molar-refractivity contribution in [3.63, 3.8) is 0 Å². The number of nitrogens with one attached hydrogen (secondary N) is 2. The van der Waals surface area contributed by atoms with E-state index >= 15 is 0 Å². The van der Waals surface area contributed by atoms with Gasteiger partial charge < -0.3 is 15.7 Å². The number of carbonyl (C=O) groups excluding carboxylic acids is 1. The second-order valence-electron chi connectivity index (χ2n) is 5.15. The third-order valence-corrected chi connectivity index (χ3v) is 3.48. The number of carbonyl (C=O) groups is 1. The standard InChI is InChI=1S/C15H14F3N3O2/c1-8(22)11(7-19)14(23)21-13-5-3-9-2-4-10(15(16,17)18)6-12(9)20-13/h2,4,6,13,20,22H,3,5H2,1H3,(H,21,23)/b11-8-. The third-order valence-electron chi connectivity index (χ3n) is 3.48. The maximum atomic E-state index is 12.7. The van der Waals surface area contributed by atoms with Crippen molar-refractivity contribution in [2.24, 2.45) is 0 Å². The van der Waals surface area contributed by atoms with Crippen LogP contribution in [0.4, 0.5) is 18.9 Å². The Morgan fingerprint density at radius 1 is 1.48 bits per heavy atom. The fourth-order valence-electron chi connectivity index (χ4n) is 2.30. The Bertz CT molecular complexity index is 701. The van der Waals surface area contributed by atoms with Crippen molar-refractivity contribution in [1.82, 2.24) is 5.32 Å². The third kappa shape index (κ3) is 3.74. The first-order valence-corrected chi connectivity index (χ1v) is 6.80. The average Bonchev–Trinajstić information content (AvgIpc) is 2.45. The quantitative estimate of drug-likeness (QED) is 0.443. The average molecular weight is 325 g/mol. The number of halogens is 3. The SMILES string of the molecule is C/C(O)=C(\C#N)C(=O)NC1CCc2ccc(C(F)(F)F)cc2N1. The second-order valence-corrected chi connectivity index (χ2v) is 5.15. The fourth-order valence-corrected chi connectivity index (χ4v) is 2.30. The van der Waals surface area contributed by atoms with E-state index in [-0.39, 0.29) is 0 Å². The molecule has 1 atom stereocenters. The lowest BCUT2D eigenvalue weighted by Gasteiger charge is -2.28. The van der Waals surface area contributed by atoms with Crippen LogP contribution in [0.5, 0.6) is 0 Å². The molecule has 1 aromatic rings. The number of nitrogens with zero attached hydrogens (tertiary/aromatic N) is 1. The molecule has 122 valence electrons. The van der Waals surface area contributed by atoms with Crippen molar-refractivity contribution in [2.45, 2.75) is 32.1 Å². The maximum Gasteiger partial charge on any atom is 0.416 e. The van der Waals surface area contributed by atoms with Crippen LogP contribution in [0.3, 0.4) is 0 Å². The van der Waals surface area contributed by atoms with Crippen molar-refractivity contribution in [3.05, 3.63) is 40.7 Å². The number of nitriles is 1. The van der Waals surface area contributed by atoms with Gasteiger partial charge in [0.15, 0.2) is 5.57 Å². The largest absolute Gasteiger partial charge is 0.511 e. The number of aryl methyl sites for hydroxylation is 1. The van der Waals surface area contributed by atoms with Gasteiger partial charge in [0.1, 0.15) is 11.8 Å². The second kappa shape index (κ2) is 6.20. The van der Waals surface area contributed by atoms with E-state index in [4.69, 9.17) is 5.26 Å². The van der Waals surface area contributed by atoms with E-state index in [1.54, 1.807) is 6.07 Å². The number of anilines is 1. The van der Waals surface area contributed by atoms with Gasteiger partial charge >= 0.3 is 6.18 Å². The van der Waals surface area contributed by atoms with Crippen molar-refractivity contribution >= 4 is 11.6 Å². The number of amides is 1. The summed E-state index contributed by atoms with van der Waals surface area (Å²) in [5.41, 5.74) is -0.196. The molecule has 1 heterocycles. The molecule has 1 aromatic carbocycles. The summed E-state index contributed by atoms with van der Waals surface area (Å²) >= 11 is 0. The van der Waals surface area contributed by atoms with Gasteiger partial charge in [-0.1, -0.05) is 6.07 Å². The van der Waals surface area contributed by atoms with Gasteiger partial charge in [-0.2, -0.15) is 18.4 Å². The molecular weight excluding hydrogens is 311 g/mol. The zero-order valence-corrected chi connectivity index (χ0v) is 12.2. The van der Waals surface area contributed by atoms with Gasteiger partial charge in [0, 0.05) is 5.69 Å². The van der Waals surface area contributed by atoms with Gasteiger partial charge in [0.05, 0.1) is 11.7 Å². The summed E-state index contributed by atoms with van der Waals surface area (Å²) in [4.78, 5) is 11.9. The van der Waals surface area contributed by atoms with Crippen LogP contribution >= 0.6 is 0 Å². The number of fused-ring (bicyclic) bond motifs is 1. The van der Waals surface area contributed by atoms with E-state index in [0.717, 1.165) is 17.7 Å². The summed E-state index contributed by atoms with van der Waals surface area (Å²) < 4.78 is 38.2. The highest BCUT2D eigenvalue weighted by Gasteiger charge is 2.32. The first-order valence-electron chi connectivity index (χ1n) is 6.80. The Morgan fingerprint density at radius 2 is 2.17 bits per heavy atom. The van der Waals surface area contributed by atoms with E-state index in [1.807, 2.05) is 0 Å². The highest BCUT2D eigenvalue weighted by atomic mass is 19.4. The van der Waals surface area contributed by atoms with Gasteiger partial charge in [-0.05, 0) is 37.5 Å². The van der Waals surface area contributed by atoms with Crippen molar-refractivity contribution < 1.29 is 23.1 Å². The Labute approximate surface area is 130 Å². The molecule has 3 N–H and O–H groups in total. The zero-order valence-electron chi connectivity index (χ0n) is 12.2. The van der Waals surface area contributed by atoms with Gasteiger partial charge in [-0.25, -0.2) is 0 Å². The highest BCUT2D eigenvalue weighted by Crippen LogP contribution is 2.34. The molecule has 0 bridgehead atoms. The molecule has 2 rings (SSSR count). The minimum absolute atomic E-state index is 0.291. The molecule has 8 heteroatoms. The van der Waals surface area contributed by atoms with Crippen molar-refractivity contribution in [1.29, 1.82) is 5.26 Å². The predicted octanol–water partition coefficient (Wildman–Crippen LogP) is 2.86. The number of aliphatic hydroxyl groups is 1. The monoisotopic (exact) mass is 325 g/mol. The summed E-state index contributed by atoms with van der Waals surface area (Å²) in [7, 11) is 0. The molecule has 0 saturated carbocycles. The molecule has 1 aliphatic rings. The molecule has 1 unspecified atom stereocenters. The summed E-state index contributed by atoms with van der Waals surface area (Å²) in [5.74, 6) is -1.19. The number of alkyl halides is 3. The summed E-state index contributed by atoms with van der Waals surface area (Å²) in [5, 5.41) is 23.3. The van der Waals surface area contributed by atoms with E-state index in [0.29, 0.717) is 18.5 Å². The first-order chi connectivity index (χ1) is 10.7. The number of hydrogen-bond donors (Lipinski definition) is 3. The summed E-state index contributed by atoms with van der Waals surface area (Å²) in [6.07, 6.45) is -4.14. The highest BCUT2D eigenvalue weighted by molar-refractivity contribution is 5.97. The number of hydrogen-bond acceptors (Lipinski definition) is 4. The first kappa shape index (κ1) is 16.7. The number of allylic oxidation sites excluding steroid dienone is 1. The van der Waals surface area contributed by atoms with Crippen LogP contribution in [0.25, 0.3) is 0 Å². The van der Waals surface area contributed by atoms with Gasteiger partial charge in [-0.3, -0.25) is 4.79 Å². The predicted molar refractivity (Wildman–Crippen MR) is 76.3 cm³/mol. The molecule has 0 aliphatic carbocycles. The molecule has 0 radical (unpaired) electrons. The molecule has 1 aliphatic heterocycles. The van der Waals surface area contributed by atoms with E-state index in [1.165, 1.54) is 13.0 Å². The molecular formula is C15H14F3N3O2. The molecule has 1 amide bonds. The summed E-state index contributed by atoms with van der Waals surface area (Å²) in [6.45, 7) is 1.21. The number of rotatable bonds is 2. The van der Waals surface area contributed by atoms with E-state index < -0.39 is 35.1 Å². The van der Waals surface area contributed by atoms with Crippen molar-refractivity contribution in [2.75, 3.05) is 5.32 Å². The lowest BCUT2D eigenvalue weighted by Crippen LogP contribution is -2.43. The zero-order chi connectivity index (χ0) is 17.2. The molecule has 0 spiro atoms. The van der Waals surface area contributed by atoms with Crippen LogP contribution in [-0.4, -0.2) is 17.2 Å². The van der Waals surface area contributed by atoms with Gasteiger partial charge in [0.25, 0.3) is 5.91 Å². The fraction of sp³-hybridized carbons (Fsp3) is 0.333. The van der Waals surface area contributed by atoms with Gasteiger partial charge in [-0.15, -0.1) is 0 Å².